The number of alkyl halides is 3. The minimum absolute atomic E-state index is 0.00697. The van der Waals surface area contributed by atoms with Crippen LogP contribution in [0.15, 0.2) is 12.1 Å². The molecule has 0 amide bonds. The highest BCUT2D eigenvalue weighted by Crippen LogP contribution is 2.34. The largest absolute Gasteiger partial charge is 0.486 e. The van der Waals surface area contributed by atoms with Crippen LogP contribution < -0.4 is 9.47 Å². The van der Waals surface area contributed by atoms with Gasteiger partial charge in [0.15, 0.2) is 11.5 Å². The van der Waals surface area contributed by atoms with E-state index in [1.54, 1.807) is 0 Å². The number of fused-ring (bicyclic) bond motifs is 1. The Bertz CT molecular complexity index is 467. The Morgan fingerprint density at radius 3 is 2.18 bits per heavy atom. The van der Waals surface area contributed by atoms with E-state index in [1.807, 2.05) is 0 Å². The molecule has 0 saturated carbocycles. The Morgan fingerprint density at radius 2 is 1.65 bits per heavy atom. The van der Waals surface area contributed by atoms with Crippen molar-refractivity contribution in [1.82, 2.24) is 0 Å². The maximum absolute atomic E-state index is 13.3. The summed E-state index contributed by atoms with van der Waals surface area (Å²) < 4.78 is 59.7. The number of ketones is 1. The van der Waals surface area contributed by atoms with Crippen molar-refractivity contribution in [2.45, 2.75) is 6.18 Å². The van der Waals surface area contributed by atoms with Crippen molar-refractivity contribution in [3.63, 3.8) is 0 Å². The molecule has 0 saturated heterocycles. The van der Waals surface area contributed by atoms with Gasteiger partial charge in [0.25, 0.3) is 5.78 Å². The van der Waals surface area contributed by atoms with Crippen LogP contribution in [0.4, 0.5) is 17.6 Å². The number of ether oxygens (including phenoxy) is 2. The van der Waals surface area contributed by atoms with E-state index in [0.29, 0.717) is 12.1 Å². The van der Waals surface area contributed by atoms with Crippen LogP contribution in [0.2, 0.25) is 0 Å². The third kappa shape index (κ3) is 2.17. The van der Waals surface area contributed by atoms with E-state index < -0.39 is 23.3 Å². The van der Waals surface area contributed by atoms with E-state index in [0.717, 1.165) is 0 Å². The predicted octanol–water partition coefficient (Wildman–Crippen LogP) is 2.34. The monoisotopic (exact) mass is 250 g/mol. The van der Waals surface area contributed by atoms with Gasteiger partial charge >= 0.3 is 6.18 Å². The molecule has 0 aliphatic carbocycles. The summed E-state index contributed by atoms with van der Waals surface area (Å²) in [6.45, 7) is 0.317. The molecule has 0 N–H and O–H groups in total. The molecule has 0 fully saturated rings. The molecule has 0 bridgehead atoms. The van der Waals surface area contributed by atoms with E-state index in [2.05, 4.69) is 0 Å². The maximum atomic E-state index is 13.3. The molecule has 17 heavy (non-hydrogen) atoms. The minimum atomic E-state index is -5.12. The lowest BCUT2D eigenvalue weighted by atomic mass is 10.1. The van der Waals surface area contributed by atoms with E-state index in [9.17, 15) is 22.4 Å². The Labute approximate surface area is 92.9 Å². The average Bonchev–Trinajstić information content (AvgIpc) is 2.26. The fourth-order valence-corrected chi connectivity index (χ4v) is 1.39. The molecule has 3 nitrogen and oxygen atoms in total. The molecule has 0 radical (unpaired) electrons. The van der Waals surface area contributed by atoms with E-state index in [4.69, 9.17) is 9.47 Å². The van der Waals surface area contributed by atoms with Crippen LogP contribution in [0.3, 0.4) is 0 Å². The molecule has 0 atom stereocenters. The minimum Gasteiger partial charge on any atom is -0.486 e. The van der Waals surface area contributed by atoms with Gasteiger partial charge in [0, 0.05) is 6.07 Å². The fraction of sp³-hybridized carbons (Fsp3) is 0.300. The summed E-state index contributed by atoms with van der Waals surface area (Å²) in [5.41, 5.74) is -1.07. The van der Waals surface area contributed by atoms with Crippen molar-refractivity contribution in [3.05, 3.63) is 23.5 Å². The number of carbonyl (C=O) groups is 1. The number of rotatable bonds is 1. The summed E-state index contributed by atoms with van der Waals surface area (Å²) in [5, 5.41) is 0. The molecular weight excluding hydrogens is 244 g/mol. The van der Waals surface area contributed by atoms with Gasteiger partial charge in [-0.25, -0.2) is 4.39 Å². The summed E-state index contributed by atoms with van der Waals surface area (Å²) in [4.78, 5) is 10.9. The van der Waals surface area contributed by atoms with Gasteiger partial charge in [-0.1, -0.05) is 0 Å². The van der Waals surface area contributed by atoms with Gasteiger partial charge in [-0.15, -0.1) is 0 Å². The molecule has 1 aliphatic rings. The molecular formula is C10H6F4O3. The topological polar surface area (TPSA) is 35.5 Å². The fourth-order valence-electron chi connectivity index (χ4n) is 1.39. The Morgan fingerprint density at radius 1 is 1.12 bits per heavy atom. The zero-order valence-corrected chi connectivity index (χ0v) is 8.31. The molecule has 0 unspecified atom stereocenters. The second-order valence-corrected chi connectivity index (χ2v) is 3.30. The van der Waals surface area contributed by atoms with Gasteiger partial charge in [-0.2, -0.15) is 13.2 Å². The lowest BCUT2D eigenvalue weighted by Gasteiger charge is -2.19. The molecule has 0 aromatic heterocycles. The normalized spacial score (nSPS) is 14.6. The van der Waals surface area contributed by atoms with Crippen LogP contribution in [-0.4, -0.2) is 25.2 Å². The van der Waals surface area contributed by atoms with Crippen LogP contribution >= 0.6 is 0 Å². The maximum Gasteiger partial charge on any atom is 0.454 e. The first-order valence-electron chi connectivity index (χ1n) is 4.60. The van der Waals surface area contributed by atoms with Crippen LogP contribution in [-0.2, 0) is 0 Å². The smallest absolute Gasteiger partial charge is 0.454 e. The molecule has 1 aromatic rings. The Kier molecular flexibility index (Phi) is 2.68. The average molecular weight is 250 g/mol. The third-order valence-electron chi connectivity index (χ3n) is 2.13. The first kappa shape index (κ1) is 11.7. The van der Waals surface area contributed by atoms with Gasteiger partial charge in [0.2, 0.25) is 0 Å². The molecule has 1 aromatic carbocycles. The highest BCUT2D eigenvalue weighted by Gasteiger charge is 2.41. The molecule has 1 aliphatic heterocycles. The lowest BCUT2D eigenvalue weighted by molar-refractivity contribution is -0.0887. The van der Waals surface area contributed by atoms with Crippen LogP contribution in [0.1, 0.15) is 10.4 Å². The highest BCUT2D eigenvalue weighted by molar-refractivity contribution is 6.01. The number of Topliss-reactive ketones (excluding diaryl/α,β-unsaturated/α-hetero) is 1. The van der Waals surface area contributed by atoms with Gasteiger partial charge in [-0.3, -0.25) is 4.79 Å². The predicted molar refractivity (Wildman–Crippen MR) is 47.8 cm³/mol. The van der Waals surface area contributed by atoms with Crippen molar-refractivity contribution >= 4 is 5.78 Å². The molecule has 7 heteroatoms. The summed E-state index contributed by atoms with van der Waals surface area (Å²) in [7, 11) is 0. The zero-order valence-electron chi connectivity index (χ0n) is 8.31. The number of benzene rings is 1. The standard InChI is InChI=1S/C10H6F4O3/c11-6-4-8-7(16-1-2-17-8)3-5(6)9(15)10(12,13)14/h3-4H,1-2H2. The third-order valence-corrected chi connectivity index (χ3v) is 2.13. The second kappa shape index (κ2) is 3.90. The number of hydrogen-bond donors (Lipinski definition) is 0. The summed E-state index contributed by atoms with van der Waals surface area (Å²) in [5.74, 6) is -3.60. The first-order chi connectivity index (χ1) is 7.89. The summed E-state index contributed by atoms with van der Waals surface area (Å²) in [6, 6.07) is 1.42. The van der Waals surface area contributed by atoms with Gasteiger partial charge in [0.1, 0.15) is 19.0 Å². The van der Waals surface area contributed by atoms with Gasteiger partial charge < -0.3 is 9.47 Å². The zero-order chi connectivity index (χ0) is 12.6. The number of halogens is 4. The summed E-state index contributed by atoms with van der Waals surface area (Å²) >= 11 is 0. The van der Waals surface area contributed by atoms with E-state index in [1.165, 1.54) is 0 Å². The van der Waals surface area contributed by atoms with Crippen molar-refractivity contribution in [2.24, 2.45) is 0 Å². The van der Waals surface area contributed by atoms with Crippen LogP contribution in [0.5, 0.6) is 11.5 Å². The Hall–Kier alpha value is -1.79. The van der Waals surface area contributed by atoms with E-state index in [-0.39, 0.29) is 24.7 Å². The van der Waals surface area contributed by atoms with Crippen LogP contribution in [0.25, 0.3) is 0 Å². The van der Waals surface area contributed by atoms with Gasteiger partial charge in [-0.05, 0) is 6.07 Å². The lowest BCUT2D eigenvalue weighted by Crippen LogP contribution is -2.24. The van der Waals surface area contributed by atoms with E-state index >= 15 is 0 Å². The molecule has 92 valence electrons. The summed E-state index contributed by atoms with van der Waals surface area (Å²) in [6.07, 6.45) is -5.12. The number of hydrogen-bond acceptors (Lipinski definition) is 3. The van der Waals surface area contributed by atoms with Crippen LogP contribution in [0, 0.1) is 5.82 Å². The highest BCUT2D eigenvalue weighted by atomic mass is 19.4. The van der Waals surface area contributed by atoms with Crippen molar-refractivity contribution in [3.8, 4) is 11.5 Å². The van der Waals surface area contributed by atoms with Crippen molar-refractivity contribution in [1.29, 1.82) is 0 Å². The van der Waals surface area contributed by atoms with Crippen molar-refractivity contribution in [2.75, 3.05) is 13.2 Å². The molecule has 0 spiro atoms. The number of carbonyl (C=O) groups excluding carboxylic acids is 1. The van der Waals surface area contributed by atoms with Gasteiger partial charge in [0.05, 0.1) is 5.56 Å². The van der Waals surface area contributed by atoms with Crippen molar-refractivity contribution < 1.29 is 31.8 Å². The first-order valence-corrected chi connectivity index (χ1v) is 4.60. The molecule has 2 rings (SSSR count). The second-order valence-electron chi connectivity index (χ2n) is 3.30. The quantitative estimate of drug-likeness (QED) is 0.567. The Balaban J connectivity index is 2.45. The SMILES string of the molecule is O=C(c1cc2c(cc1F)OCCO2)C(F)(F)F. The molecule has 1 heterocycles.